The molecule has 3 N–H and O–H groups in total. The zero-order chi connectivity index (χ0) is 17.6. The summed E-state index contributed by atoms with van der Waals surface area (Å²) < 4.78 is 16.2. The van der Waals surface area contributed by atoms with E-state index in [9.17, 15) is 0 Å². The van der Waals surface area contributed by atoms with Gasteiger partial charge in [-0.1, -0.05) is 18.2 Å². The van der Waals surface area contributed by atoms with E-state index < -0.39 is 0 Å². The molecular formula is C20H25N2O3+. The van der Waals surface area contributed by atoms with Crippen molar-refractivity contribution in [2.75, 3.05) is 27.9 Å². The summed E-state index contributed by atoms with van der Waals surface area (Å²) in [6.07, 6.45) is 3.12. The van der Waals surface area contributed by atoms with E-state index in [1.54, 1.807) is 21.3 Å². The summed E-state index contributed by atoms with van der Waals surface area (Å²) in [6.45, 7) is 1.82. The van der Waals surface area contributed by atoms with E-state index in [1.807, 2.05) is 12.1 Å². The number of methoxy groups -OCH3 is 3. The zero-order valence-corrected chi connectivity index (χ0v) is 15.0. The minimum atomic E-state index is 0.682. The standard InChI is InChI=1S/C20H24N2O3/c1-23-18-11-20(25-3)19(24-2)10-15(18)12-21-9-8-14-13-22-17-7-5-4-6-16(14)17/h4-7,10-11,13,21-22H,8-9,12H2,1-3H3/p+1. The van der Waals surface area contributed by atoms with Crippen molar-refractivity contribution in [2.24, 2.45) is 0 Å². The van der Waals surface area contributed by atoms with Crippen molar-refractivity contribution >= 4 is 10.9 Å². The summed E-state index contributed by atoms with van der Waals surface area (Å²) in [4.78, 5) is 3.33. The number of rotatable bonds is 8. The van der Waals surface area contributed by atoms with Crippen LogP contribution in [0.3, 0.4) is 0 Å². The van der Waals surface area contributed by atoms with Gasteiger partial charge in [-0.05, 0) is 17.7 Å². The molecule has 0 bridgehead atoms. The van der Waals surface area contributed by atoms with Crippen LogP contribution in [-0.2, 0) is 13.0 Å². The molecule has 0 saturated carbocycles. The van der Waals surface area contributed by atoms with Crippen LogP contribution in [0.4, 0.5) is 0 Å². The van der Waals surface area contributed by atoms with Crippen LogP contribution in [0.5, 0.6) is 17.2 Å². The molecule has 0 atom stereocenters. The number of nitrogens with one attached hydrogen (secondary N) is 1. The van der Waals surface area contributed by atoms with Crippen molar-refractivity contribution in [3.63, 3.8) is 0 Å². The molecule has 0 fully saturated rings. The Bertz CT molecular complexity index is 842. The fraction of sp³-hybridized carbons (Fsp3) is 0.300. The van der Waals surface area contributed by atoms with Gasteiger partial charge in [0.15, 0.2) is 11.5 Å². The molecule has 0 aliphatic heterocycles. The minimum absolute atomic E-state index is 0.682. The number of hydrogen-bond acceptors (Lipinski definition) is 3. The van der Waals surface area contributed by atoms with Crippen molar-refractivity contribution in [3.05, 3.63) is 53.7 Å². The molecule has 0 aliphatic rings. The van der Waals surface area contributed by atoms with Gasteiger partial charge in [-0.15, -0.1) is 0 Å². The number of H-pyrrole nitrogens is 1. The monoisotopic (exact) mass is 341 g/mol. The van der Waals surface area contributed by atoms with Gasteiger partial charge < -0.3 is 24.5 Å². The Balaban J connectivity index is 1.63. The van der Waals surface area contributed by atoms with Crippen LogP contribution in [0.15, 0.2) is 42.6 Å². The highest BCUT2D eigenvalue weighted by molar-refractivity contribution is 5.83. The summed E-state index contributed by atoms with van der Waals surface area (Å²) in [5.41, 5.74) is 3.64. The van der Waals surface area contributed by atoms with E-state index in [4.69, 9.17) is 14.2 Å². The molecule has 0 amide bonds. The maximum absolute atomic E-state index is 5.49. The highest BCUT2D eigenvalue weighted by atomic mass is 16.5. The van der Waals surface area contributed by atoms with E-state index >= 15 is 0 Å². The van der Waals surface area contributed by atoms with Gasteiger partial charge in [0, 0.05) is 29.6 Å². The lowest BCUT2D eigenvalue weighted by atomic mass is 10.1. The van der Waals surface area contributed by atoms with Crippen molar-refractivity contribution in [3.8, 4) is 17.2 Å². The number of para-hydroxylation sites is 1. The van der Waals surface area contributed by atoms with Crippen molar-refractivity contribution in [2.45, 2.75) is 13.0 Å². The lowest BCUT2D eigenvalue weighted by molar-refractivity contribution is -0.670. The van der Waals surface area contributed by atoms with Crippen molar-refractivity contribution in [1.82, 2.24) is 4.98 Å². The average Bonchev–Trinajstić information content (AvgIpc) is 3.07. The number of hydrogen-bond donors (Lipinski definition) is 2. The average molecular weight is 341 g/mol. The number of benzene rings is 2. The molecule has 1 heterocycles. The van der Waals surface area contributed by atoms with E-state index in [1.165, 1.54) is 16.5 Å². The molecular weight excluding hydrogens is 316 g/mol. The van der Waals surface area contributed by atoms with Gasteiger partial charge in [-0.25, -0.2) is 0 Å². The Morgan fingerprint density at radius 3 is 2.36 bits per heavy atom. The molecule has 0 unspecified atom stereocenters. The molecule has 0 radical (unpaired) electrons. The summed E-state index contributed by atoms with van der Waals surface area (Å²) in [5, 5.41) is 3.59. The maximum atomic E-state index is 5.49. The van der Waals surface area contributed by atoms with Crippen LogP contribution in [0.1, 0.15) is 11.1 Å². The Hall–Kier alpha value is -2.66. The van der Waals surface area contributed by atoms with E-state index in [0.717, 1.165) is 36.6 Å². The van der Waals surface area contributed by atoms with Gasteiger partial charge in [0.05, 0.1) is 33.4 Å². The second-order valence-electron chi connectivity index (χ2n) is 5.91. The van der Waals surface area contributed by atoms with E-state index in [2.05, 4.69) is 40.8 Å². The van der Waals surface area contributed by atoms with Crippen LogP contribution < -0.4 is 19.5 Å². The molecule has 0 saturated heterocycles. The van der Waals surface area contributed by atoms with Crippen molar-refractivity contribution < 1.29 is 19.5 Å². The number of ether oxygens (including phenoxy) is 3. The van der Waals surface area contributed by atoms with Gasteiger partial charge in [0.2, 0.25) is 0 Å². The first-order chi connectivity index (χ1) is 12.3. The summed E-state index contributed by atoms with van der Waals surface area (Å²) >= 11 is 0. The Kier molecular flexibility index (Phi) is 5.46. The van der Waals surface area contributed by atoms with Crippen LogP contribution in [0, 0.1) is 0 Å². The third-order valence-corrected chi connectivity index (χ3v) is 4.44. The van der Waals surface area contributed by atoms with E-state index in [-0.39, 0.29) is 0 Å². The van der Waals surface area contributed by atoms with Crippen molar-refractivity contribution in [1.29, 1.82) is 0 Å². The number of aromatic nitrogens is 1. The predicted molar refractivity (Wildman–Crippen MR) is 98.6 cm³/mol. The normalized spacial score (nSPS) is 10.8. The topological polar surface area (TPSA) is 60.1 Å². The fourth-order valence-electron chi connectivity index (χ4n) is 3.11. The van der Waals surface area contributed by atoms with E-state index in [0.29, 0.717) is 5.75 Å². The molecule has 3 aromatic rings. The number of fused-ring (bicyclic) bond motifs is 1. The summed E-state index contributed by atoms with van der Waals surface area (Å²) in [6, 6.07) is 12.3. The van der Waals surface area contributed by atoms with Crippen LogP contribution in [0.2, 0.25) is 0 Å². The SMILES string of the molecule is COc1cc(OC)c(OC)cc1C[NH2+]CCc1c[nH]c2ccccc12. The summed E-state index contributed by atoms with van der Waals surface area (Å²) in [7, 11) is 4.95. The molecule has 132 valence electrons. The Morgan fingerprint density at radius 1 is 0.880 bits per heavy atom. The molecule has 0 spiro atoms. The Morgan fingerprint density at radius 2 is 1.60 bits per heavy atom. The first-order valence-corrected chi connectivity index (χ1v) is 8.42. The molecule has 2 aromatic carbocycles. The zero-order valence-electron chi connectivity index (χ0n) is 15.0. The predicted octanol–water partition coefficient (Wildman–Crippen LogP) is 2.50. The second-order valence-corrected chi connectivity index (χ2v) is 5.91. The Labute approximate surface area is 147 Å². The van der Waals surface area contributed by atoms with Gasteiger partial charge >= 0.3 is 0 Å². The molecule has 1 aromatic heterocycles. The summed E-state index contributed by atoms with van der Waals surface area (Å²) in [5.74, 6) is 2.23. The quantitative estimate of drug-likeness (QED) is 0.619. The maximum Gasteiger partial charge on any atom is 0.164 e. The lowest BCUT2D eigenvalue weighted by Gasteiger charge is -2.13. The first kappa shape index (κ1) is 17.2. The smallest absolute Gasteiger partial charge is 0.164 e. The third kappa shape index (κ3) is 3.72. The highest BCUT2D eigenvalue weighted by Crippen LogP contribution is 2.34. The fourth-order valence-corrected chi connectivity index (χ4v) is 3.11. The first-order valence-electron chi connectivity index (χ1n) is 8.42. The molecule has 25 heavy (non-hydrogen) atoms. The van der Waals surface area contributed by atoms with Gasteiger partial charge in [0.1, 0.15) is 12.3 Å². The largest absolute Gasteiger partial charge is 0.496 e. The third-order valence-electron chi connectivity index (χ3n) is 4.44. The van der Waals surface area contributed by atoms with Crippen LogP contribution >= 0.6 is 0 Å². The lowest BCUT2D eigenvalue weighted by Crippen LogP contribution is -2.83. The molecule has 5 nitrogen and oxygen atoms in total. The van der Waals surface area contributed by atoms with Crippen LogP contribution in [0.25, 0.3) is 10.9 Å². The van der Waals surface area contributed by atoms with Gasteiger partial charge in [0.25, 0.3) is 0 Å². The number of aromatic amines is 1. The number of nitrogens with two attached hydrogens (primary N) is 1. The number of quaternary nitrogens is 1. The second kappa shape index (κ2) is 7.94. The van der Waals surface area contributed by atoms with Gasteiger partial charge in [-0.3, -0.25) is 0 Å². The highest BCUT2D eigenvalue weighted by Gasteiger charge is 2.13. The molecule has 5 heteroatoms. The molecule has 3 rings (SSSR count). The minimum Gasteiger partial charge on any atom is -0.496 e. The van der Waals surface area contributed by atoms with Gasteiger partial charge in [-0.2, -0.15) is 0 Å². The van der Waals surface area contributed by atoms with Crippen LogP contribution in [-0.4, -0.2) is 32.9 Å². The molecule has 0 aliphatic carbocycles.